The Labute approximate surface area is 68.7 Å². The van der Waals surface area contributed by atoms with Crippen LogP contribution in [0.1, 0.15) is 32.1 Å². The summed E-state index contributed by atoms with van der Waals surface area (Å²) in [6.45, 7) is 2.44. The second-order valence-corrected chi connectivity index (χ2v) is 3.82. The van der Waals surface area contributed by atoms with Crippen molar-refractivity contribution in [3.05, 3.63) is 0 Å². The molecule has 0 radical (unpaired) electrons. The van der Waals surface area contributed by atoms with Gasteiger partial charge in [-0.15, -0.1) is 0 Å². The summed E-state index contributed by atoms with van der Waals surface area (Å²) in [5.74, 6) is 0. The van der Waals surface area contributed by atoms with Crippen molar-refractivity contribution >= 4 is 0 Å². The van der Waals surface area contributed by atoms with Crippen LogP contribution in [0.25, 0.3) is 0 Å². The smallest absolute Gasteiger partial charge is 0.00822 e. The fourth-order valence-electron chi connectivity index (χ4n) is 1.77. The molecule has 0 aromatic carbocycles. The van der Waals surface area contributed by atoms with Crippen LogP contribution >= 0.6 is 0 Å². The van der Waals surface area contributed by atoms with Crippen molar-refractivity contribution in [1.29, 1.82) is 0 Å². The van der Waals surface area contributed by atoms with E-state index in [9.17, 15) is 0 Å². The van der Waals surface area contributed by atoms with Gasteiger partial charge in [-0.1, -0.05) is 0 Å². The molecule has 1 aliphatic carbocycles. The Balaban J connectivity index is 1.71. The molecular weight excluding hydrogens is 136 g/mol. The lowest BCUT2D eigenvalue weighted by Gasteiger charge is -2.14. The second-order valence-electron chi connectivity index (χ2n) is 3.82. The normalized spacial score (nSPS) is 33.3. The van der Waals surface area contributed by atoms with Gasteiger partial charge in [0, 0.05) is 12.1 Å². The molecule has 0 spiro atoms. The topological polar surface area (TPSA) is 24.1 Å². The summed E-state index contributed by atoms with van der Waals surface area (Å²) in [5.41, 5.74) is 0. The lowest BCUT2D eigenvalue weighted by molar-refractivity contribution is 0.467. The fourth-order valence-corrected chi connectivity index (χ4v) is 1.77. The molecule has 0 aromatic heterocycles. The third-order valence-electron chi connectivity index (χ3n) is 2.62. The maximum absolute atomic E-state index is 3.69. The monoisotopic (exact) mass is 154 g/mol. The number of rotatable bonds is 2. The summed E-state index contributed by atoms with van der Waals surface area (Å²) in [6.07, 6.45) is 6.90. The molecule has 0 unspecified atom stereocenters. The zero-order chi connectivity index (χ0) is 7.52. The lowest BCUT2D eigenvalue weighted by Crippen LogP contribution is -2.31. The van der Waals surface area contributed by atoms with E-state index in [0.717, 1.165) is 12.1 Å². The van der Waals surface area contributed by atoms with E-state index >= 15 is 0 Å². The van der Waals surface area contributed by atoms with Crippen LogP contribution in [0, 0.1) is 0 Å². The summed E-state index contributed by atoms with van der Waals surface area (Å²) >= 11 is 0. The van der Waals surface area contributed by atoms with Crippen molar-refractivity contribution < 1.29 is 0 Å². The average molecular weight is 154 g/mol. The molecular formula is C9H18N2. The Morgan fingerprint density at radius 3 is 2.55 bits per heavy atom. The van der Waals surface area contributed by atoms with Gasteiger partial charge in [0.2, 0.25) is 0 Å². The van der Waals surface area contributed by atoms with Crippen molar-refractivity contribution in [3.63, 3.8) is 0 Å². The maximum atomic E-state index is 3.69. The highest BCUT2D eigenvalue weighted by Crippen LogP contribution is 2.21. The molecule has 0 amide bonds. The molecule has 1 heterocycles. The van der Waals surface area contributed by atoms with Crippen molar-refractivity contribution in [3.8, 4) is 0 Å². The minimum absolute atomic E-state index is 0.817. The standard InChI is InChI=1S/C9H18N2/c1-2-8(5-7-10-6-1)11-9-3-4-9/h8-11H,1-7H2/t8-/m1/s1. The van der Waals surface area contributed by atoms with E-state index in [2.05, 4.69) is 10.6 Å². The van der Waals surface area contributed by atoms with Gasteiger partial charge < -0.3 is 10.6 Å². The first-order valence-corrected chi connectivity index (χ1v) is 4.92. The van der Waals surface area contributed by atoms with Gasteiger partial charge in [-0.25, -0.2) is 0 Å². The molecule has 1 aliphatic heterocycles. The molecule has 2 N–H and O–H groups in total. The summed E-state index contributed by atoms with van der Waals surface area (Å²) in [7, 11) is 0. The third kappa shape index (κ3) is 2.46. The van der Waals surface area contributed by atoms with Gasteiger partial charge in [0.05, 0.1) is 0 Å². The molecule has 1 saturated carbocycles. The predicted octanol–water partition coefficient (Wildman–Crippen LogP) is 0.880. The van der Waals surface area contributed by atoms with Gasteiger partial charge in [-0.05, 0) is 45.2 Å². The van der Waals surface area contributed by atoms with Crippen LogP contribution < -0.4 is 10.6 Å². The van der Waals surface area contributed by atoms with Crippen LogP contribution in [0.3, 0.4) is 0 Å². The van der Waals surface area contributed by atoms with Gasteiger partial charge >= 0.3 is 0 Å². The molecule has 2 aliphatic rings. The Morgan fingerprint density at radius 1 is 0.909 bits per heavy atom. The first-order valence-electron chi connectivity index (χ1n) is 4.92. The van der Waals surface area contributed by atoms with Crippen LogP contribution in [0.2, 0.25) is 0 Å². The number of hydrogen-bond donors (Lipinski definition) is 2. The van der Waals surface area contributed by atoms with Crippen LogP contribution in [0.5, 0.6) is 0 Å². The van der Waals surface area contributed by atoms with Crippen molar-refractivity contribution in [2.24, 2.45) is 0 Å². The van der Waals surface area contributed by atoms with E-state index in [1.54, 1.807) is 0 Å². The van der Waals surface area contributed by atoms with Gasteiger partial charge in [0.15, 0.2) is 0 Å². The highest BCUT2D eigenvalue weighted by Gasteiger charge is 2.24. The SMILES string of the molecule is C1CNCC[C@H](NC2CC2)C1. The van der Waals surface area contributed by atoms with Gasteiger partial charge in [-0.3, -0.25) is 0 Å². The van der Waals surface area contributed by atoms with E-state index in [-0.39, 0.29) is 0 Å². The maximum Gasteiger partial charge on any atom is 0.00822 e. The minimum Gasteiger partial charge on any atom is -0.317 e. The van der Waals surface area contributed by atoms with Crippen LogP contribution in [-0.2, 0) is 0 Å². The predicted molar refractivity (Wildman–Crippen MR) is 46.7 cm³/mol. The number of hydrogen-bond acceptors (Lipinski definition) is 2. The van der Waals surface area contributed by atoms with E-state index < -0.39 is 0 Å². The summed E-state index contributed by atoms with van der Waals surface area (Å²) in [6, 6.07) is 1.70. The zero-order valence-electron chi connectivity index (χ0n) is 7.10. The highest BCUT2D eigenvalue weighted by atomic mass is 15.0. The van der Waals surface area contributed by atoms with E-state index in [1.165, 1.54) is 45.2 Å². The highest BCUT2D eigenvalue weighted by molar-refractivity contribution is 4.85. The molecule has 1 atom stereocenters. The molecule has 64 valence electrons. The largest absolute Gasteiger partial charge is 0.317 e. The molecule has 2 rings (SSSR count). The Bertz CT molecular complexity index is 113. The van der Waals surface area contributed by atoms with Gasteiger partial charge in [0.25, 0.3) is 0 Å². The van der Waals surface area contributed by atoms with Crippen molar-refractivity contribution in [1.82, 2.24) is 10.6 Å². The molecule has 2 heteroatoms. The van der Waals surface area contributed by atoms with E-state index in [1.807, 2.05) is 0 Å². The molecule has 11 heavy (non-hydrogen) atoms. The molecule has 2 nitrogen and oxygen atoms in total. The summed E-state index contributed by atoms with van der Waals surface area (Å²) < 4.78 is 0. The minimum atomic E-state index is 0.817. The van der Waals surface area contributed by atoms with E-state index in [0.29, 0.717) is 0 Å². The van der Waals surface area contributed by atoms with Crippen LogP contribution in [0.15, 0.2) is 0 Å². The molecule has 0 aromatic rings. The van der Waals surface area contributed by atoms with Gasteiger partial charge in [0.1, 0.15) is 0 Å². The van der Waals surface area contributed by atoms with Gasteiger partial charge in [-0.2, -0.15) is 0 Å². The molecule has 0 bridgehead atoms. The average Bonchev–Trinajstić information content (AvgIpc) is 2.77. The fraction of sp³-hybridized carbons (Fsp3) is 1.00. The van der Waals surface area contributed by atoms with Crippen LogP contribution in [-0.4, -0.2) is 25.2 Å². The number of nitrogens with one attached hydrogen (secondary N) is 2. The zero-order valence-corrected chi connectivity index (χ0v) is 7.10. The Morgan fingerprint density at radius 2 is 1.73 bits per heavy atom. The van der Waals surface area contributed by atoms with Crippen LogP contribution in [0.4, 0.5) is 0 Å². The quantitative estimate of drug-likeness (QED) is 0.617. The second kappa shape index (κ2) is 3.55. The summed E-state index contributed by atoms with van der Waals surface area (Å²) in [4.78, 5) is 0. The lowest BCUT2D eigenvalue weighted by atomic mass is 10.1. The first-order chi connectivity index (χ1) is 5.45. The molecule has 2 fully saturated rings. The third-order valence-corrected chi connectivity index (χ3v) is 2.62. The van der Waals surface area contributed by atoms with E-state index in [4.69, 9.17) is 0 Å². The molecule has 1 saturated heterocycles. The van der Waals surface area contributed by atoms with Crippen molar-refractivity contribution in [2.45, 2.75) is 44.2 Å². The Hall–Kier alpha value is -0.0800. The Kier molecular flexibility index (Phi) is 2.44. The van der Waals surface area contributed by atoms with Crippen molar-refractivity contribution in [2.75, 3.05) is 13.1 Å². The summed E-state index contributed by atoms with van der Waals surface area (Å²) in [5, 5.41) is 7.12. The first kappa shape index (κ1) is 7.56.